The minimum Gasteiger partial charge on any atom is -0.489 e. The van der Waals surface area contributed by atoms with E-state index in [0.29, 0.717) is 30.8 Å². The van der Waals surface area contributed by atoms with E-state index in [1.807, 2.05) is 37.3 Å². The minimum atomic E-state index is -0.859. The number of carbonyl (C=O) groups is 3. The third kappa shape index (κ3) is 5.32. The number of carbonyl (C=O) groups excluding carboxylic acids is 3. The molecule has 1 aromatic heterocycles. The van der Waals surface area contributed by atoms with Crippen molar-refractivity contribution < 1.29 is 24.3 Å². The van der Waals surface area contributed by atoms with E-state index in [1.165, 1.54) is 5.48 Å². The molecule has 1 fully saturated rings. The molecule has 0 unspecified atom stereocenters. The molecule has 3 aromatic rings. The SMILES string of the molecule is Cc1cc(COc2ccc(C(=O)N[C@@H]3CCC(=O)N(C(=O)NO)CC3)cc2)c2ccccc2n1. The predicted octanol–water partition coefficient (Wildman–Crippen LogP) is 3.33. The van der Waals surface area contributed by atoms with Gasteiger partial charge in [-0.1, -0.05) is 18.2 Å². The van der Waals surface area contributed by atoms with Gasteiger partial charge >= 0.3 is 6.03 Å². The second-order valence-electron chi connectivity index (χ2n) is 8.21. The molecule has 4 amide bonds. The predicted molar refractivity (Wildman–Crippen MR) is 124 cm³/mol. The zero-order chi connectivity index (χ0) is 24.1. The van der Waals surface area contributed by atoms with Crippen molar-refractivity contribution in [1.29, 1.82) is 0 Å². The molecule has 1 aliphatic heterocycles. The Balaban J connectivity index is 1.35. The summed E-state index contributed by atoms with van der Waals surface area (Å²) in [5.41, 5.74) is 4.83. The lowest BCUT2D eigenvalue weighted by Crippen LogP contribution is -2.42. The van der Waals surface area contributed by atoms with Crippen molar-refractivity contribution in [2.75, 3.05) is 6.54 Å². The fourth-order valence-electron chi connectivity index (χ4n) is 4.05. The quantitative estimate of drug-likeness (QED) is 0.395. The van der Waals surface area contributed by atoms with Crippen molar-refractivity contribution in [3.63, 3.8) is 0 Å². The first-order chi connectivity index (χ1) is 16.4. The lowest BCUT2D eigenvalue weighted by atomic mass is 10.1. The first-order valence-electron chi connectivity index (χ1n) is 11.1. The summed E-state index contributed by atoms with van der Waals surface area (Å²) < 4.78 is 5.95. The van der Waals surface area contributed by atoms with E-state index in [1.54, 1.807) is 24.3 Å². The van der Waals surface area contributed by atoms with E-state index < -0.39 is 6.03 Å². The van der Waals surface area contributed by atoms with E-state index in [2.05, 4.69) is 10.3 Å². The Morgan fingerprint density at radius 2 is 1.91 bits per heavy atom. The standard InChI is InChI=1S/C25H26N4O5/c1-16-14-18(21-4-2-3-5-22(21)26-16)15-34-20-9-6-17(7-10-20)24(31)27-19-8-11-23(30)29(13-12-19)25(32)28-33/h2-7,9-10,14,19,33H,8,11-13,15H2,1H3,(H,27,31)(H,28,32)/t19-/m1/s1. The number of nitrogens with one attached hydrogen (secondary N) is 2. The number of urea groups is 1. The first kappa shape index (κ1) is 23.2. The van der Waals surface area contributed by atoms with Gasteiger partial charge in [-0.3, -0.25) is 24.7 Å². The molecule has 9 heteroatoms. The second-order valence-corrected chi connectivity index (χ2v) is 8.21. The summed E-state index contributed by atoms with van der Waals surface area (Å²) in [5, 5.41) is 12.7. The number of para-hydroxylation sites is 1. The molecule has 0 radical (unpaired) electrons. The highest BCUT2D eigenvalue weighted by Gasteiger charge is 2.27. The number of nitrogens with zero attached hydrogens (tertiary/aromatic N) is 2. The van der Waals surface area contributed by atoms with Crippen molar-refractivity contribution in [2.24, 2.45) is 0 Å². The third-order valence-corrected chi connectivity index (χ3v) is 5.83. The Bertz CT molecular complexity index is 1210. The number of hydrogen-bond donors (Lipinski definition) is 3. The summed E-state index contributed by atoms with van der Waals surface area (Å²) in [6.45, 7) is 2.45. The molecule has 3 N–H and O–H groups in total. The molecule has 2 aromatic carbocycles. The normalized spacial score (nSPS) is 16.1. The lowest BCUT2D eigenvalue weighted by Gasteiger charge is -2.18. The van der Waals surface area contributed by atoms with Crippen LogP contribution in [0.4, 0.5) is 4.79 Å². The van der Waals surface area contributed by atoms with Crippen LogP contribution in [-0.2, 0) is 11.4 Å². The van der Waals surface area contributed by atoms with Crippen molar-refractivity contribution >= 4 is 28.7 Å². The summed E-state index contributed by atoms with van der Waals surface area (Å²) in [6.07, 6.45) is 0.931. The molecule has 0 bridgehead atoms. The molecule has 0 aliphatic carbocycles. The number of aryl methyl sites for hydroxylation is 1. The van der Waals surface area contributed by atoms with Crippen LogP contribution in [0, 0.1) is 6.92 Å². The Morgan fingerprint density at radius 3 is 2.68 bits per heavy atom. The summed E-state index contributed by atoms with van der Waals surface area (Å²) in [7, 11) is 0. The van der Waals surface area contributed by atoms with E-state index in [9.17, 15) is 14.4 Å². The van der Waals surface area contributed by atoms with Gasteiger partial charge < -0.3 is 10.1 Å². The van der Waals surface area contributed by atoms with Crippen LogP contribution in [0.15, 0.2) is 54.6 Å². The number of pyridine rings is 1. The molecule has 1 aliphatic rings. The zero-order valence-corrected chi connectivity index (χ0v) is 18.8. The average molecular weight is 463 g/mol. The van der Waals surface area contributed by atoms with Crippen LogP contribution >= 0.6 is 0 Å². The molecule has 34 heavy (non-hydrogen) atoms. The molecule has 2 heterocycles. The molecule has 0 saturated carbocycles. The van der Waals surface area contributed by atoms with Gasteiger partial charge in [0.15, 0.2) is 0 Å². The number of hydrogen-bond acceptors (Lipinski definition) is 6. The molecule has 0 spiro atoms. The topological polar surface area (TPSA) is 121 Å². The van der Waals surface area contributed by atoms with Crippen molar-refractivity contribution in [2.45, 2.75) is 38.8 Å². The van der Waals surface area contributed by atoms with Crippen molar-refractivity contribution in [3.05, 3.63) is 71.4 Å². The van der Waals surface area contributed by atoms with Gasteiger partial charge in [0.05, 0.1) is 5.52 Å². The van der Waals surface area contributed by atoms with Crippen LogP contribution in [0.3, 0.4) is 0 Å². The number of ether oxygens (including phenoxy) is 1. The van der Waals surface area contributed by atoms with Crippen molar-refractivity contribution in [1.82, 2.24) is 20.7 Å². The molecule has 176 valence electrons. The van der Waals surface area contributed by atoms with Crippen LogP contribution in [0.2, 0.25) is 0 Å². The number of fused-ring (bicyclic) bond motifs is 1. The van der Waals surface area contributed by atoms with Crippen molar-refractivity contribution in [3.8, 4) is 5.75 Å². The van der Waals surface area contributed by atoms with Crippen LogP contribution in [0.5, 0.6) is 5.75 Å². The zero-order valence-electron chi connectivity index (χ0n) is 18.8. The Labute approximate surface area is 196 Å². The van der Waals surface area contributed by atoms with Gasteiger partial charge in [0.25, 0.3) is 5.91 Å². The number of aromatic nitrogens is 1. The fourth-order valence-corrected chi connectivity index (χ4v) is 4.05. The molecular formula is C25H26N4O5. The number of rotatable bonds is 5. The van der Waals surface area contributed by atoms with Gasteiger partial charge in [-0.25, -0.2) is 10.3 Å². The minimum absolute atomic E-state index is 0.105. The first-order valence-corrected chi connectivity index (χ1v) is 11.1. The van der Waals surface area contributed by atoms with Gasteiger partial charge in [0.1, 0.15) is 12.4 Å². The second kappa shape index (κ2) is 10.3. The highest BCUT2D eigenvalue weighted by Crippen LogP contribution is 2.21. The van der Waals surface area contributed by atoms with Crippen LogP contribution in [0.1, 0.15) is 40.9 Å². The highest BCUT2D eigenvalue weighted by atomic mass is 16.5. The van der Waals surface area contributed by atoms with Crippen LogP contribution < -0.4 is 15.5 Å². The fraction of sp³-hybridized carbons (Fsp3) is 0.280. The van der Waals surface area contributed by atoms with Gasteiger partial charge in [-0.05, 0) is 56.2 Å². The number of imide groups is 1. The third-order valence-electron chi connectivity index (χ3n) is 5.83. The Kier molecular flexibility index (Phi) is 7.03. The largest absolute Gasteiger partial charge is 0.489 e. The monoisotopic (exact) mass is 462 g/mol. The number of benzene rings is 2. The van der Waals surface area contributed by atoms with Gasteiger partial charge in [0.2, 0.25) is 5.91 Å². The van der Waals surface area contributed by atoms with Crippen LogP contribution in [0.25, 0.3) is 10.9 Å². The maximum absolute atomic E-state index is 12.7. The van der Waals surface area contributed by atoms with Crippen LogP contribution in [-0.4, -0.2) is 45.5 Å². The maximum Gasteiger partial charge on any atom is 0.347 e. The summed E-state index contributed by atoms with van der Waals surface area (Å²) >= 11 is 0. The summed E-state index contributed by atoms with van der Waals surface area (Å²) in [6, 6.07) is 15.7. The lowest BCUT2D eigenvalue weighted by molar-refractivity contribution is -0.128. The Hall–Kier alpha value is -3.98. The van der Waals surface area contributed by atoms with Gasteiger partial charge in [-0.2, -0.15) is 0 Å². The molecule has 1 saturated heterocycles. The summed E-state index contributed by atoms with van der Waals surface area (Å²) in [5.74, 6) is -0.0115. The molecule has 9 nitrogen and oxygen atoms in total. The average Bonchev–Trinajstić information content (AvgIpc) is 3.03. The van der Waals surface area contributed by atoms with E-state index in [-0.39, 0.29) is 30.8 Å². The smallest absolute Gasteiger partial charge is 0.347 e. The van der Waals surface area contributed by atoms with E-state index in [0.717, 1.165) is 27.1 Å². The molecule has 4 rings (SSSR count). The highest BCUT2D eigenvalue weighted by molar-refractivity contribution is 5.95. The van der Waals surface area contributed by atoms with Gasteiger partial charge in [-0.15, -0.1) is 0 Å². The maximum atomic E-state index is 12.7. The van der Waals surface area contributed by atoms with Gasteiger partial charge in [0, 0.05) is 41.2 Å². The Morgan fingerprint density at radius 1 is 1.15 bits per heavy atom. The van der Waals surface area contributed by atoms with E-state index in [4.69, 9.17) is 9.94 Å². The number of hydroxylamine groups is 1. The molecular weight excluding hydrogens is 436 g/mol. The molecule has 1 atom stereocenters. The number of amides is 4. The summed E-state index contributed by atoms with van der Waals surface area (Å²) in [4.78, 5) is 41.8. The number of likely N-dealkylation sites (tertiary alicyclic amines) is 1. The van der Waals surface area contributed by atoms with E-state index >= 15 is 0 Å².